The van der Waals surface area contributed by atoms with Crippen LogP contribution >= 0.6 is 24.0 Å². The van der Waals surface area contributed by atoms with E-state index in [4.69, 9.17) is 14.2 Å². The van der Waals surface area contributed by atoms with Gasteiger partial charge in [-0.05, 0) is 43.2 Å². The molecule has 0 atom stereocenters. The van der Waals surface area contributed by atoms with Gasteiger partial charge in [-0.2, -0.15) is 0 Å². The van der Waals surface area contributed by atoms with Gasteiger partial charge in [-0.3, -0.25) is 4.98 Å². The summed E-state index contributed by atoms with van der Waals surface area (Å²) in [6.07, 6.45) is 4.34. The molecule has 0 amide bonds. The van der Waals surface area contributed by atoms with Gasteiger partial charge in [0.25, 0.3) is 0 Å². The minimum absolute atomic E-state index is 0. The Morgan fingerprint density at radius 3 is 2.52 bits per heavy atom. The first-order valence-corrected chi connectivity index (χ1v) is 9.57. The fourth-order valence-electron chi connectivity index (χ4n) is 2.37. The number of rotatable bonds is 12. The van der Waals surface area contributed by atoms with E-state index in [2.05, 4.69) is 20.6 Å². The van der Waals surface area contributed by atoms with Crippen LogP contribution in [0.25, 0.3) is 0 Å². The summed E-state index contributed by atoms with van der Waals surface area (Å²) in [5.41, 5.74) is 1.11. The first kappa shape index (κ1) is 25.0. The number of aromatic nitrogens is 1. The number of guanidine groups is 1. The van der Waals surface area contributed by atoms with Crippen molar-refractivity contribution in [3.05, 3.63) is 54.4 Å². The van der Waals surface area contributed by atoms with E-state index >= 15 is 0 Å². The summed E-state index contributed by atoms with van der Waals surface area (Å²) >= 11 is 0. The minimum Gasteiger partial charge on any atom is -0.497 e. The molecule has 0 radical (unpaired) electrons. The van der Waals surface area contributed by atoms with Gasteiger partial charge in [-0.15, -0.1) is 24.0 Å². The van der Waals surface area contributed by atoms with Crippen molar-refractivity contribution in [1.29, 1.82) is 0 Å². The molecule has 2 N–H and O–H groups in total. The van der Waals surface area contributed by atoms with Gasteiger partial charge in [0.05, 0.1) is 26.4 Å². The average Bonchev–Trinajstić information content (AvgIpc) is 2.75. The Labute approximate surface area is 190 Å². The third-order valence-corrected chi connectivity index (χ3v) is 3.84. The molecular weight excluding hydrogens is 483 g/mol. The summed E-state index contributed by atoms with van der Waals surface area (Å²) in [5, 5.41) is 6.64. The van der Waals surface area contributed by atoms with Crippen LogP contribution in [0.5, 0.6) is 11.5 Å². The van der Waals surface area contributed by atoms with Crippen LogP contribution in [0, 0.1) is 0 Å². The van der Waals surface area contributed by atoms with Gasteiger partial charge in [-0.25, -0.2) is 4.99 Å². The molecule has 1 aromatic carbocycles. The first-order chi connectivity index (χ1) is 13.8. The number of pyridine rings is 1. The molecule has 160 valence electrons. The molecule has 0 saturated heterocycles. The molecule has 2 rings (SSSR count). The third-order valence-electron chi connectivity index (χ3n) is 3.84. The van der Waals surface area contributed by atoms with Crippen molar-refractivity contribution in [3.8, 4) is 11.5 Å². The highest BCUT2D eigenvalue weighted by molar-refractivity contribution is 14.0. The highest BCUT2D eigenvalue weighted by Gasteiger charge is 2.00. The van der Waals surface area contributed by atoms with E-state index in [9.17, 15) is 0 Å². The van der Waals surface area contributed by atoms with Crippen LogP contribution in [0.2, 0.25) is 0 Å². The minimum atomic E-state index is 0. The first-order valence-electron chi connectivity index (χ1n) is 9.57. The lowest BCUT2D eigenvalue weighted by Gasteiger charge is -2.13. The number of halogens is 1. The SMILES string of the molecule is CCOCCCNC(=NCc1ccc(OC)cc1)NCCOc1cccnc1.I. The fraction of sp³-hybridized carbons (Fsp3) is 0.429. The highest BCUT2D eigenvalue weighted by atomic mass is 127. The number of hydrogen-bond donors (Lipinski definition) is 2. The van der Waals surface area contributed by atoms with Gasteiger partial charge in [-0.1, -0.05) is 12.1 Å². The zero-order valence-corrected chi connectivity index (χ0v) is 19.4. The third kappa shape index (κ3) is 10.9. The molecule has 0 spiro atoms. The molecule has 1 heterocycles. The maximum Gasteiger partial charge on any atom is 0.191 e. The summed E-state index contributed by atoms with van der Waals surface area (Å²) < 4.78 is 16.2. The van der Waals surface area contributed by atoms with Crippen LogP contribution in [0.1, 0.15) is 18.9 Å². The monoisotopic (exact) mass is 514 g/mol. The van der Waals surface area contributed by atoms with Crippen LogP contribution in [-0.4, -0.2) is 51.0 Å². The number of nitrogens with zero attached hydrogens (tertiary/aromatic N) is 2. The molecule has 0 bridgehead atoms. The van der Waals surface area contributed by atoms with E-state index in [1.165, 1.54) is 0 Å². The van der Waals surface area contributed by atoms with Crippen molar-refractivity contribution < 1.29 is 14.2 Å². The summed E-state index contributed by atoms with van der Waals surface area (Å²) in [4.78, 5) is 8.69. The molecule has 7 nitrogen and oxygen atoms in total. The number of aliphatic imine (C=N–C) groups is 1. The summed E-state index contributed by atoms with van der Waals surface area (Å²) in [6.45, 7) is 6.00. The van der Waals surface area contributed by atoms with Crippen molar-refractivity contribution in [2.24, 2.45) is 4.99 Å². The number of ether oxygens (including phenoxy) is 3. The molecule has 0 fully saturated rings. The van der Waals surface area contributed by atoms with Crippen LogP contribution in [0.4, 0.5) is 0 Å². The second-order valence-electron chi connectivity index (χ2n) is 5.95. The second-order valence-corrected chi connectivity index (χ2v) is 5.95. The van der Waals surface area contributed by atoms with Crippen LogP contribution in [0.15, 0.2) is 53.8 Å². The van der Waals surface area contributed by atoms with E-state index in [1.807, 2.05) is 43.3 Å². The van der Waals surface area contributed by atoms with Gasteiger partial charge >= 0.3 is 0 Å². The van der Waals surface area contributed by atoms with Gasteiger partial charge in [0.15, 0.2) is 5.96 Å². The molecular formula is C21H31IN4O3. The van der Waals surface area contributed by atoms with Gasteiger partial charge in [0, 0.05) is 26.0 Å². The van der Waals surface area contributed by atoms with Crippen molar-refractivity contribution in [3.63, 3.8) is 0 Å². The van der Waals surface area contributed by atoms with Crippen molar-refractivity contribution >= 4 is 29.9 Å². The van der Waals surface area contributed by atoms with E-state index in [0.29, 0.717) is 19.7 Å². The summed E-state index contributed by atoms with van der Waals surface area (Å²) in [6, 6.07) is 11.6. The Bertz CT molecular complexity index is 684. The van der Waals surface area contributed by atoms with Crippen LogP contribution in [-0.2, 0) is 11.3 Å². The Balaban J connectivity index is 0.00000420. The quantitative estimate of drug-likeness (QED) is 0.196. The fourth-order valence-corrected chi connectivity index (χ4v) is 2.37. The lowest BCUT2D eigenvalue weighted by molar-refractivity contribution is 0.145. The van der Waals surface area contributed by atoms with Crippen molar-refractivity contribution in [1.82, 2.24) is 15.6 Å². The lowest BCUT2D eigenvalue weighted by atomic mass is 10.2. The largest absolute Gasteiger partial charge is 0.497 e. The summed E-state index contributed by atoms with van der Waals surface area (Å²) in [7, 11) is 1.66. The second kappa shape index (κ2) is 15.8. The molecule has 1 aromatic heterocycles. The van der Waals surface area contributed by atoms with E-state index in [0.717, 1.165) is 49.2 Å². The molecule has 8 heteroatoms. The highest BCUT2D eigenvalue weighted by Crippen LogP contribution is 2.11. The predicted octanol–water partition coefficient (Wildman–Crippen LogP) is 3.25. The molecule has 0 aliphatic heterocycles. The van der Waals surface area contributed by atoms with Crippen LogP contribution in [0.3, 0.4) is 0 Å². The Morgan fingerprint density at radius 2 is 1.83 bits per heavy atom. The molecule has 0 saturated carbocycles. The Morgan fingerprint density at radius 1 is 1.03 bits per heavy atom. The Kier molecular flexibility index (Phi) is 13.6. The van der Waals surface area contributed by atoms with Gasteiger partial charge < -0.3 is 24.8 Å². The molecule has 0 unspecified atom stereocenters. The topological polar surface area (TPSA) is 77.0 Å². The number of hydrogen-bond acceptors (Lipinski definition) is 5. The normalized spacial score (nSPS) is 10.8. The maximum atomic E-state index is 5.66. The van der Waals surface area contributed by atoms with Gasteiger partial charge in [0.2, 0.25) is 0 Å². The standard InChI is InChI=1S/C21H30N4O3.HI/c1-3-27-14-5-12-23-21(24-13-15-28-20-6-4-11-22-17-20)25-16-18-7-9-19(26-2)10-8-18;/h4,6-11,17H,3,5,12-16H2,1-2H3,(H2,23,24,25);1H. The molecule has 0 aliphatic carbocycles. The van der Waals surface area contributed by atoms with Crippen molar-refractivity contribution in [2.45, 2.75) is 19.9 Å². The zero-order valence-electron chi connectivity index (χ0n) is 17.1. The van der Waals surface area contributed by atoms with Crippen molar-refractivity contribution in [2.75, 3.05) is 40.0 Å². The van der Waals surface area contributed by atoms with E-state index in [1.54, 1.807) is 19.5 Å². The van der Waals surface area contributed by atoms with E-state index in [-0.39, 0.29) is 24.0 Å². The zero-order chi connectivity index (χ0) is 19.9. The number of benzene rings is 1. The number of nitrogens with one attached hydrogen (secondary N) is 2. The maximum absolute atomic E-state index is 5.66. The van der Waals surface area contributed by atoms with E-state index < -0.39 is 0 Å². The average molecular weight is 514 g/mol. The predicted molar refractivity (Wildman–Crippen MR) is 126 cm³/mol. The molecule has 29 heavy (non-hydrogen) atoms. The molecule has 2 aromatic rings. The number of methoxy groups -OCH3 is 1. The van der Waals surface area contributed by atoms with Crippen LogP contribution < -0.4 is 20.1 Å². The molecule has 0 aliphatic rings. The Hall–Kier alpha value is -2.07. The summed E-state index contributed by atoms with van der Waals surface area (Å²) in [5.74, 6) is 2.35. The lowest BCUT2D eigenvalue weighted by Crippen LogP contribution is -2.40. The van der Waals surface area contributed by atoms with Gasteiger partial charge in [0.1, 0.15) is 18.1 Å². The smallest absolute Gasteiger partial charge is 0.191 e.